The number of nitrogens with one attached hydrogen (secondary N) is 2. The lowest BCUT2D eigenvalue weighted by Crippen LogP contribution is -2.35. The Bertz CT molecular complexity index is 1070. The van der Waals surface area contributed by atoms with E-state index in [-0.39, 0.29) is 10.6 Å². The number of nitrogens with zero attached hydrogens (tertiary/aromatic N) is 2. The van der Waals surface area contributed by atoms with Crippen LogP contribution in [0.3, 0.4) is 0 Å². The van der Waals surface area contributed by atoms with Gasteiger partial charge in [-0.2, -0.15) is 4.31 Å². The summed E-state index contributed by atoms with van der Waals surface area (Å²) >= 11 is 0. The fourth-order valence-corrected chi connectivity index (χ4v) is 4.73. The van der Waals surface area contributed by atoms with Gasteiger partial charge in [0.25, 0.3) is 5.91 Å². The number of anilines is 1. The van der Waals surface area contributed by atoms with Gasteiger partial charge in [-0.05, 0) is 31.0 Å². The fourth-order valence-electron chi connectivity index (χ4n) is 3.22. The topological polar surface area (TPSA) is 108 Å². The third kappa shape index (κ3) is 3.71. The van der Waals surface area contributed by atoms with Gasteiger partial charge >= 0.3 is 0 Å². The Balaban J connectivity index is 1.50. The molecule has 1 amide bonds. The molecule has 0 unspecified atom stereocenters. The molecule has 1 aliphatic rings. The van der Waals surface area contributed by atoms with Crippen molar-refractivity contribution in [1.29, 1.82) is 0 Å². The summed E-state index contributed by atoms with van der Waals surface area (Å²) in [5.41, 5.74) is 1.52. The number of benzene rings is 1. The van der Waals surface area contributed by atoms with Gasteiger partial charge in [0.2, 0.25) is 10.0 Å². The van der Waals surface area contributed by atoms with Crippen LogP contribution in [0.1, 0.15) is 29.8 Å². The summed E-state index contributed by atoms with van der Waals surface area (Å²) in [7, 11) is -3.58. The van der Waals surface area contributed by atoms with Crippen molar-refractivity contribution in [3.63, 3.8) is 0 Å². The van der Waals surface area contributed by atoms with Crippen LogP contribution in [0.25, 0.3) is 11.3 Å². The molecule has 146 valence electrons. The molecule has 0 radical (unpaired) electrons. The highest BCUT2D eigenvalue weighted by Crippen LogP contribution is 2.24. The zero-order chi connectivity index (χ0) is 19.6. The maximum atomic E-state index is 12.7. The first-order valence-electron chi connectivity index (χ1n) is 9.05. The van der Waals surface area contributed by atoms with E-state index in [1.54, 1.807) is 30.5 Å². The molecule has 1 saturated heterocycles. The van der Waals surface area contributed by atoms with Crippen molar-refractivity contribution < 1.29 is 17.7 Å². The first kappa shape index (κ1) is 18.5. The summed E-state index contributed by atoms with van der Waals surface area (Å²) in [5.74, 6) is 0.167. The summed E-state index contributed by atoms with van der Waals surface area (Å²) in [6.07, 6.45) is 5.67. The van der Waals surface area contributed by atoms with E-state index in [4.69, 9.17) is 4.52 Å². The van der Waals surface area contributed by atoms with Crippen LogP contribution < -0.4 is 5.32 Å². The second-order valence-corrected chi connectivity index (χ2v) is 8.56. The van der Waals surface area contributed by atoms with Crippen LogP contribution in [0.2, 0.25) is 0 Å². The molecule has 0 aliphatic carbocycles. The van der Waals surface area contributed by atoms with Gasteiger partial charge in [-0.1, -0.05) is 23.7 Å². The van der Waals surface area contributed by atoms with E-state index in [0.29, 0.717) is 24.5 Å². The molecule has 4 rings (SSSR count). The molecule has 9 heteroatoms. The number of hydrogen-bond donors (Lipinski definition) is 2. The number of sulfonamides is 1. The summed E-state index contributed by atoms with van der Waals surface area (Å²) < 4.78 is 32.0. The number of piperidine rings is 1. The number of H-pyrrole nitrogens is 1. The highest BCUT2D eigenvalue weighted by molar-refractivity contribution is 7.89. The Hall–Kier alpha value is -2.91. The second-order valence-electron chi connectivity index (χ2n) is 6.63. The largest absolute Gasteiger partial charge is 0.356 e. The lowest BCUT2D eigenvalue weighted by atomic mass is 10.1. The molecule has 3 heterocycles. The van der Waals surface area contributed by atoms with E-state index in [1.165, 1.54) is 16.6 Å². The molecule has 1 aromatic carbocycles. The number of carbonyl (C=O) groups excluding carboxylic acids is 1. The maximum Gasteiger partial charge on any atom is 0.272 e. The van der Waals surface area contributed by atoms with Gasteiger partial charge in [-0.15, -0.1) is 0 Å². The Labute approximate surface area is 162 Å². The Morgan fingerprint density at radius 2 is 1.96 bits per heavy atom. The molecule has 0 atom stereocenters. The molecule has 3 aromatic rings. The predicted molar refractivity (Wildman–Crippen MR) is 103 cm³/mol. The standard InChI is InChI=1S/C19H20N4O4S/c24-19(22-15-6-4-5-14(11-15)18-7-8-21-27-18)17-12-16(13-20-17)28(25,26)23-9-2-1-3-10-23/h4-8,11-13,20H,1-3,9-10H2,(H,22,24). The van der Waals surface area contributed by atoms with Crippen LogP contribution in [0.5, 0.6) is 0 Å². The Kier molecular flexibility index (Phi) is 5.01. The van der Waals surface area contributed by atoms with Gasteiger partial charge in [0.1, 0.15) is 10.6 Å². The second kappa shape index (κ2) is 7.61. The minimum absolute atomic E-state index is 0.106. The monoisotopic (exact) mass is 400 g/mol. The van der Waals surface area contributed by atoms with Crippen molar-refractivity contribution in [2.75, 3.05) is 18.4 Å². The predicted octanol–water partition coefficient (Wildman–Crippen LogP) is 3.10. The average Bonchev–Trinajstić information content (AvgIpc) is 3.41. The highest BCUT2D eigenvalue weighted by Gasteiger charge is 2.27. The molecule has 0 spiro atoms. The van der Waals surface area contributed by atoms with E-state index in [2.05, 4.69) is 15.5 Å². The maximum absolute atomic E-state index is 12.7. The van der Waals surface area contributed by atoms with Gasteiger partial charge < -0.3 is 14.8 Å². The number of carbonyl (C=O) groups is 1. The van der Waals surface area contributed by atoms with Crippen molar-refractivity contribution in [3.05, 3.63) is 54.5 Å². The van der Waals surface area contributed by atoms with Crippen LogP contribution in [0.15, 0.2) is 58.2 Å². The van der Waals surface area contributed by atoms with E-state index in [0.717, 1.165) is 24.8 Å². The van der Waals surface area contributed by atoms with Crippen molar-refractivity contribution >= 4 is 21.6 Å². The number of amides is 1. The summed E-state index contributed by atoms with van der Waals surface area (Å²) in [6, 6.07) is 10.2. The first-order chi connectivity index (χ1) is 13.5. The summed E-state index contributed by atoms with van der Waals surface area (Å²) in [6.45, 7) is 1.03. The normalized spacial score (nSPS) is 15.4. The molecule has 8 nitrogen and oxygen atoms in total. The van der Waals surface area contributed by atoms with Gasteiger partial charge in [0.15, 0.2) is 5.76 Å². The van der Waals surface area contributed by atoms with Crippen molar-refractivity contribution in [3.8, 4) is 11.3 Å². The van der Waals surface area contributed by atoms with Crippen molar-refractivity contribution in [1.82, 2.24) is 14.4 Å². The highest BCUT2D eigenvalue weighted by atomic mass is 32.2. The third-order valence-electron chi connectivity index (χ3n) is 4.70. The molecule has 2 aromatic heterocycles. The molecular formula is C19H20N4O4S. The first-order valence-corrected chi connectivity index (χ1v) is 10.5. The van der Waals surface area contributed by atoms with Gasteiger partial charge in [-0.25, -0.2) is 8.42 Å². The minimum atomic E-state index is -3.58. The lowest BCUT2D eigenvalue weighted by molar-refractivity contribution is 0.102. The Morgan fingerprint density at radius 3 is 2.71 bits per heavy atom. The summed E-state index contributed by atoms with van der Waals surface area (Å²) in [4.78, 5) is 15.4. The zero-order valence-electron chi connectivity index (χ0n) is 15.1. The van der Waals surface area contributed by atoms with E-state index in [1.807, 2.05) is 6.07 Å². The molecule has 0 saturated carbocycles. The molecule has 28 heavy (non-hydrogen) atoms. The number of hydrogen-bond acceptors (Lipinski definition) is 5. The number of aromatic nitrogens is 2. The molecule has 1 aliphatic heterocycles. The van der Waals surface area contributed by atoms with Crippen LogP contribution in [-0.4, -0.2) is 41.9 Å². The Morgan fingerprint density at radius 1 is 1.14 bits per heavy atom. The molecule has 0 bridgehead atoms. The molecule has 2 N–H and O–H groups in total. The van der Waals surface area contributed by atoms with Gasteiger partial charge in [0, 0.05) is 36.6 Å². The quantitative estimate of drug-likeness (QED) is 0.684. The minimum Gasteiger partial charge on any atom is -0.356 e. The molecule has 1 fully saturated rings. The van der Waals surface area contributed by atoms with Gasteiger partial charge in [-0.3, -0.25) is 4.79 Å². The van der Waals surface area contributed by atoms with Crippen LogP contribution in [-0.2, 0) is 10.0 Å². The van der Waals surface area contributed by atoms with E-state index < -0.39 is 15.9 Å². The van der Waals surface area contributed by atoms with Gasteiger partial charge in [0.05, 0.1) is 6.20 Å². The van der Waals surface area contributed by atoms with Crippen LogP contribution in [0, 0.1) is 0 Å². The average molecular weight is 400 g/mol. The lowest BCUT2D eigenvalue weighted by Gasteiger charge is -2.25. The van der Waals surface area contributed by atoms with Crippen molar-refractivity contribution in [2.45, 2.75) is 24.2 Å². The fraction of sp³-hybridized carbons (Fsp3) is 0.263. The summed E-state index contributed by atoms with van der Waals surface area (Å²) in [5, 5.41) is 6.44. The van der Waals surface area contributed by atoms with E-state index in [9.17, 15) is 13.2 Å². The number of aromatic amines is 1. The third-order valence-corrected chi connectivity index (χ3v) is 6.57. The van der Waals surface area contributed by atoms with E-state index >= 15 is 0 Å². The molecular weight excluding hydrogens is 380 g/mol. The van der Waals surface area contributed by atoms with Crippen LogP contribution >= 0.6 is 0 Å². The van der Waals surface area contributed by atoms with Crippen LogP contribution in [0.4, 0.5) is 5.69 Å². The zero-order valence-corrected chi connectivity index (χ0v) is 15.9. The van der Waals surface area contributed by atoms with Crippen molar-refractivity contribution in [2.24, 2.45) is 0 Å². The SMILES string of the molecule is O=C(Nc1cccc(-c2ccno2)c1)c1cc(S(=O)(=O)N2CCCCC2)c[nH]1. The smallest absolute Gasteiger partial charge is 0.272 e. The number of rotatable bonds is 5.